The second-order valence-electron chi connectivity index (χ2n) is 12.8. The maximum atomic E-state index is 13.6. The van der Waals surface area contributed by atoms with Crippen LogP contribution in [0.25, 0.3) is 21.7 Å². The van der Waals surface area contributed by atoms with Crippen LogP contribution in [0, 0.1) is 5.92 Å². The molecule has 2 amide bonds. The largest absolute Gasteiger partial charge is 0.480 e. The van der Waals surface area contributed by atoms with Gasteiger partial charge in [-0.25, -0.2) is 9.78 Å². The predicted molar refractivity (Wildman–Crippen MR) is 200 cm³/mol. The molecule has 0 aliphatic heterocycles. The van der Waals surface area contributed by atoms with Crippen molar-refractivity contribution in [2.24, 2.45) is 5.92 Å². The highest BCUT2D eigenvalue weighted by atomic mass is 32.2. The van der Waals surface area contributed by atoms with Gasteiger partial charge in [-0.05, 0) is 52.8 Å². The highest BCUT2D eigenvalue weighted by Gasteiger charge is 2.26. The summed E-state index contributed by atoms with van der Waals surface area (Å²) in [6.07, 6.45) is 6.64. The number of hydrogen-bond donors (Lipinski definition) is 3. The van der Waals surface area contributed by atoms with E-state index in [1.54, 1.807) is 12.5 Å². The van der Waals surface area contributed by atoms with Gasteiger partial charge in [0.25, 0.3) is 0 Å². The van der Waals surface area contributed by atoms with Gasteiger partial charge in [-0.3, -0.25) is 19.5 Å². The lowest BCUT2D eigenvalue weighted by Gasteiger charge is -2.31. The number of aromatic nitrogens is 3. The van der Waals surface area contributed by atoms with E-state index in [0.717, 1.165) is 45.0 Å². The number of thioether (sulfide) groups is 1. The van der Waals surface area contributed by atoms with E-state index in [1.807, 2.05) is 76.4 Å². The van der Waals surface area contributed by atoms with Crippen LogP contribution in [0.15, 0.2) is 91.4 Å². The molecule has 0 saturated carbocycles. The van der Waals surface area contributed by atoms with E-state index in [9.17, 15) is 19.5 Å². The molecule has 0 saturated heterocycles. The third-order valence-electron chi connectivity index (χ3n) is 9.15. The minimum Gasteiger partial charge on any atom is -0.480 e. The molecule has 10 nitrogen and oxygen atoms in total. The van der Waals surface area contributed by atoms with E-state index in [1.165, 1.54) is 11.8 Å². The van der Waals surface area contributed by atoms with Gasteiger partial charge in [0.2, 0.25) is 11.8 Å². The maximum Gasteiger partial charge on any atom is 0.326 e. The number of benzene rings is 3. The molecular formula is C39H46N6O4S. The molecule has 3 aromatic carbocycles. The van der Waals surface area contributed by atoms with E-state index < -0.39 is 12.0 Å². The summed E-state index contributed by atoms with van der Waals surface area (Å²) in [4.78, 5) is 50.1. The SMILES string of the molecule is CCC(C)[C@@H](CN(CC(=O)N[C@@H](CCSC)C(=O)O)Cc1cccc2ccccc12)NC(=O)Cc1cncn1Cc1ccc2ccccc2n1. The number of carboxylic acid groups (broad SMARTS) is 1. The fourth-order valence-corrected chi connectivity index (χ4v) is 6.63. The van der Waals surface area contributed by atoms with Crippen molar-refractivity contribution < 1.29 is 19.5 Å². The number of hydrogen-bond acceptors (Lipinski definition) is 7. The van der Waals surface area contributed by atoms with Crippen LogP contribution in [0.1, 0.15) is 43.6 Å². The van der Waals surface area contributed by atoms with Crippen LogP contribution in [-0.2, 0) is 33.9 Å². The minimum absolute atomic E-state index is 0.0133. The number of nitrogens with one attached hydrogen (secondary N) is 2. The molecule has 2 heterocycles. The van der Waals surface area contributed by atoms with Gasteiger partial charge in [0, 0.05) is 36.4 Å². The van der Waals surface area contributed by atoms with E-state index in [4.69, 9.17) is 4.98 Å². The summed E-state index contributed by atoms with van der Waals surface area (Å²) in [5.74, 6) is -0.817. The van der Waals surface area contributed by atoms with Crippen LogP contribution in [0.3, 0.4) is 0 Å². The Morgan fingerprint density at radius 1 is 0.940 bits per heavy atom. The number of carboxylic acids is 1. The summed E-state index contributed by atoms with van der Waals surface area (Å²) in [5, 5.41) is 19.0. The zero-order valence-electron chi connectivity index (χ0n) is 28.9. The summed E-state index contributed by atoms with van der Waals surface area (Å²) in [7, 11) is 0. The molecule has 5 aromatic rings. The zero-order chi connectivity index (χ0) is 35.5. The third kappa shape index (κ3) is 9.92. The van der Waals surface area contributed by atoms with Gasteiger partial charge in [0.05, 0.1) is 37.0 Å². The maximum absolute atomic E-state index is 13.6. The number of aliphatic carboxylic acids is 1. The van der Waals surface area contributed by atoms with Crippen molar-refractivity contribution in [3.8, 4) is 0 Å². The van der Waals surface area contributed by atoms with Crippen molar-refractivity contribution in [3.05, 3.63) is 108 Å². The predicted octanol–water partition coefficient (Wildman–Crippen LogP) is 5.53. The first-order chi connectivity index (χ1) is 24.2. The van der Waals surface area contributed by atoms with Gasteiger partial charge < -0.3 is 20.3 Å². The number of imidazole rings is 1. The molecule has 262 valence electrons. The van der Waals surface area contributed by atoms with Crippen molar-refractivity contribution in [1.29, 1.82) is 0 Å². The van der Waals surface area contributed by atoms with Crippen LogP contribution >= 0.6 is 11.8 Å². The Bertz CT molecular complexity index is 1910. The first-order valence-corrected chi connectivity index (χ1v) is 18.5. The monoisotopic (exact) mass is 694 g/mol. The summed E-state index contributed by atoms with van der Waals surface area (Å²) < 4.78 is 1.95. The van der Waals surface area contributed by atoms with Gasteiger partial charge in [0.15, 0.2) is 0 Å². The molecule has 1 unspecified atom stereocenters. The van der Waals surface area contributed by atoms with E-state index in [2.05, 4.69) is 47.7 Å². The van der Waals surface area contributed by atoms with Gasteiger partial charge in [-0.15, -0.1) is 0 Å². The highest BCUT2D eigenvalue weighted by molar-refractivity contribution is 7.98. The molecule has 0 aliphatic carbocycles. The molecule has 0 aliphatic rings. The normalized spacial score (nSPS) is 13.3. The summed E-state index contributed by atoms with van der Waals surface area (Å²) in [6.45, 7) is 5.51. The smallest absolute Gasteiger partial charge is 0.326 e. The first-order valence-electron chi connectivity index (χ1n) is 17.1. The number of rotatable bonds is 18. The van der Waals surface area contributed by atoms with Crippen molar-refractivity contribution in [3.63, 3.8) is 0 Å². The Labute approximate surface area is 297 Å². The average molecular weight is 695 g/mol. The number of pyridine rings is 1. The van der Waals surface area contributed by atoms with Crippen molar-refractivity contribution in [2.45, 2.75) is 58.3 Å². The number of para-hydroxylation sites is 1. The molecule has 3 N–H and O–H groups in total. The lowest BCUT2D eigenvalue weighted by atomic mass is 9.97. The Morgan fingerprint density at radius 2 is 1.70 bits per heavy atom. The molecule has 5 rings (SSSR count). The molecule has 0 radical (unpaired) electrons. The number of nitrogens with zero attached hydrogens (tertiary/aromatic N) is 4. The van der Waals surface area contributed by atoms with Gasteiger partial charge >= 0.3 is 5.97 Å². The molecule has 0 spiro atoms. The molecule has 2 aromatic heterocycles. The van der Waals surface area contributed by atoms with Crippen molar-refractivity contribution in [1.82, 2.24) is 30.1 Å². The van der Waals surface area contributed by atoms with Gasteiger partial charge in [-0.2, -0.15) is 11.8 Å². The topological polar surface area (TPSA) is 129 Å². The molecule has 0 fully saturated rings. The van der Waals surface area contributed by atoms with Crippen LogP contribution < -0.4 is 10.6 Å². The second-order valence-corrected chi connectivity index (χ2v) is 13.8. The highest BCUT2D eigenvalue weighted by Crippen LogP contribution is 2.21. The van der Waals surface area contributed by atoms with E-state index in [0.29, 0.717) is 31.8 Å². The Hall–Kier alpha value is -4.74. The van der Waals surface area contributed by atoms with Crippen molar-refractivity contribution in [2.75, 3.05) is 25.1 Å². The Morgan fingerprint density at radius 3 is 2.48 bits per heavy atom. The van der Waals surface area contributed by atoms with Crippen LogP contribution in [0.4, 0.5) is 0 Å². The minimum atomic E-state index is -1.05. The average Bonchev–Trinajstić information content (AvgIpc) is 3.54. The first kappa shape index (κ1) is 36.5. The number of carbonyl (C=O) groups is 3. The quantitative estimate of drug-likeness (QED) is 0.109. The molecular weight excluding hydrogens is 649 g/mol. The fraction of sp³-hybridized carbons (Fsp3) is 0.359. The van der Waals surface area contributed by atoms with Crippen LogP contribution in [0.2, 0.25) is 0 Å². The Balaban J connectivity index is 1.32. The van der Waals surface area contributed by atoms with E-state index >= 15 is 0 Å². The summed E-state index contributed by atoms with van der Waals surface area (Å²) >= 11 is 1.54. The Kier molecular flexibility index (Phi) is 13.0. The molecule has 0 bridgehead atoms. The lowest BCUT2D eigenvalue weighted by molar-refractivity contribution is -0.142. The molecule has 3 atom stereocenters. The molecule has 11 heteroatoms. The van der Waals surface area contributed by atoms with Crippen LogP contribution in [-0.4, -0.2) is 79.5 Å². The zero-order valence-corrected chi connectivity index (χ0v) is 29.7. The fourth-order valence-electron chi connectivity index (χ4n) is 6.15. The van der Waals surface area contributed by atoms with Gasteiger partial charge in [-0.1, -0.05) is 87.0 Å². The van der Waals surface area contributed by atoms with Crippen molar-refractivity contribution >= 4 is 51.2 Å². The number of amides is 2. The molecule has 50 heavy (non-hydrogen) atoms. The van der Waals surface area contributed by atoms with E-state index in [-0.39, 0.29) is 36.7 Å². The van der Waals surface area contributed by atoms with Gasteiger partial charge in [0.1, 0.15) is 6.04 Å². The second kappa shape index (κ2) is 17.8. The lowest BCUT2D eigenvalue weighted by Crippen LogP contribution is -2.51. The van der Waals surface area contributed by atoms with Crippen LogP contribution in [0.5, 0.6) is 0 Å². The third-order valence-corrected chi connectivity index (χ3v) is 9.79. The summed E-state index contributed by atoms with van der Waals surface area (Å²) in [6, 6.07) is 25.0. The summed E-state index contributed by atoms with van der Waals surface area (Å²) in [5.41, 5.74) is 3.62. The number of fused-ring (bicyclic) bond motifs is 2. The standard InChI is InChI=1S/C39H46N6O4S/c1-4-27(2)36(43-37(46)20-32-21-40-26-45(32)23-31-17-16-29-11-6-8-15-34(29)41-31)24-44(25-38(47)42-35(39(48)49)18-19-50-3)22-30-13-9-12-28-10-5-7-14-33(28)30/h5-17,21,26-27,35-36H,4,18-20,22-25H2,1-3H3,(H,42,47)(H,43,46)(H,48,49)/t27?,35-,36+/m0/s1. The number of carbonyl (C=O) groups excluding carboxylic acids is 2.